The van der Waals surface area contributed by atoms with Crippen molar-refractivity contribution in [3.8, 4) is 16.9 Å². The molecule has 3 aromatic heterocycles. The van der Waals surface area contributed by atoms with Gasteiger partial charge < -0.3 is 25.3 Å². The van der Waals surface area contributed by atoms with Gasteiger partial charge in [-0.25, -0.2) is 9.37 Å². The van der Waals surface area contributed by atoms with Crippen LogP contribution in [0.15, 0.2) is 109 Å². The molecule has 0 fully saturated rings. The monoisotopic (exact) mass is 653 g/mol. The number of amides is 1. The molecule has 1 aliphatic carbocycles. The fourth-order valence-electron chi connectivity index (χ4n) is 5.93. The molecule has 7 rings (SSSR count). The minimum atomic E-state index is -0.353. The van der Waals surface area contributed by atoms with Crippen LogP contribution in [0.4, 0.5) is 15.9 Å². The van der Waals surface area contributed by atoms with Gasteiger partial charge in [0.25, 0.3) is 5.91 Å². The predicted molar refractivity (Wildman–Crippen MR) is 192 cm³/mol. The Hall–Kier alpha value is -5.87. The van der Waals surface area contributed by atoms with Gasteiger partial charge in [-0.05, 0) is 67.7 Å². The number of aromatic nitrogens is 3. The van der Waals surface area contributed by atoms with Crippen molar-refractivity contribution in [2.24, 2.45) is 4.99 Å². The van der Waals surface area contributed by atoms with E-state index >= 15 is 0 Å². The van der Waals surface area contributed by atoms with E-state index in [4.69, 9.17) is 14.7 Å². The SMILES string of the molecule is CN(C)CCOc1cc(F)cc(C2=CC=CCc3[nH]c(C4=NCCNc5ncc(-c6cncc(NC(=O)c7ccccc7)c6)cc54)cc32)c1. The third-order valence-electron chi connectivity index (χ3n) is 8.34. The molecular formula is C39H36FN7O2. The van der Waals surface area contributed by atoms with Crippen molar-refractivity contribution in [2.75, 3.05) is 51.0 Å². The lowest BCUT2D eigenvalue weighted by molar-refractivity contribution is 0.102. The Morgan fingerprint density at radius 2 is 1.84 bits per heavy atom. The number of H-pyrrole nitrogens is 1. The number of nitrogens with one attached hydrogen (secondary N) is 3. The maximum atomic E-state index is 14.9. The summed E-state index contributed by atoms with van der Waals surface area (Å²) in [7, 11) is 3.95. The van der Waals surface area contributed by atoms with E-state index in [1.165, 1.54) is 6.07 Å². The topological polar surface area (TPSA) is 108 Å². The summed E-state index contributed by atoms with van der Waals surface area (Å²) >= 11 is 0. The molecule has 49 heavy (non-hydrogen) atoms. The lowest BCUT2D eigenvalue weighted by Gasteiger charge is -2.13. The summed E-state index contributed by atoms with van der Waals surface area (Å²) in [5.74, 6) is 0.660. The van der Waals surface area contributed by atoms with Gasteiger partial charge in [0.05, 0.1) is 29.8 Å². The minimum Gasteiger partial charge on any atom is -0.492 e. The standard InChI is InChI=1S/C39H36FN7O2/c1-47(2)14-15-49-31-18-26(16-29(40)20-31)32-10-6-7-11-35-33(32)21-36(46-35)37-34-19-28(23-44-38(34)43-13-12-42-37)27-17-30(24-41-22-27)45-39(48)25-8-4-3-5-9-25/h3-10,16-24,46H,11-15H2,1-2H3,(H,43,44)(H,45,48). The molecule has 5 aromatic rings. The number of ether oxygens (including phenoxy) is 1. The van der Waals surface area contributed by atoms with Crippen LogP contribution >= 0.6 is 0 Å². The molecule has 0 saturated carbocycles. The molecule has 246 valence electrons. The fraction of sp³-hybridized carbons (Fsp3) is 0.179. The Kier molecular flexibility index (Phi) is 9.12. The second-order valence-electron chi connectivity index (χ2n) is 12.2. The van der Waals surface area contributed by atoms with Crippen LogP contribution in [0.1, 0.15) is 38.4 Å². The molecule has 9 nitrogen and oxygen atoms in total. The summed E-state index contributed by atoms with van der Waals surface area (Å²) in [6, 6.07) is 19.9. The number of aliphatic imine (C=N–C) groups is 1. The van der Waals surface area contributed by atoms with Crippen LogP contribution < -0.4 is 15.4 Å². The number of hydrogen-bond acceptors (Lipinski definition) is 7. The van der Waals surface area contributed by atoms with Crippen molar-refractivity contribution < 1.29 is 13.9 Å². The number of likely N-dealkylation sites (N-methyl/N-ethyl adjacent to an activating group) is 1. The summed E-state index contributed by atoms with van der Waals surface area (Å²) < 4.78 is 20.8. The second kappa shape index (κ2) is 14.1. The number of fused-ring (bicyclic) bond motifs is 2. The first-order valence-electron chi connectivity index (χ1n) is 16.2. The van der Waals surface area contributed by atoms with Crippen LogP contribution in [0, 0.1) is 5.82 Å². The van der Waals surface area contributed by atoms with Gasteiger partial charge in [0, 0.05) is 71.5 Å². The minimum absolute atomic E-state index is 0.209. The summed E-state index contributed by atoms with van der Waals surface area (Å²) in [6.07, 6.45) is 12.0. The van der Waals surface area contributed by atoms with Crippen LogP contribution in [-0.2, 0) is 6.42 Å². The number of carbonyl (C=O) groups excluding carboxylic acids is 1. The molecule has 0 radical (unpaired) electrons. The highest BCUT2D eigenvalue weighted by molar-refractivity contribution is 6.16. The number of carbonyl (C=O) groups is 1. The van der Waals surface area contributed by atoms with Crippen molar-refractivity contribution in [1.29, 1.82) is 0 Å². The summed E-state index contributed by atoms with van der Waals surface area (Å²) in [4.78, 5) is 32.6. The molecule has 2 aliphatic rings. The van der Waals surface area contributed by atoms with Crippen LogP contribution in [0.3, 0.4) is 0 Å². The number of hydrogen-bond donors (Lipinski definition) is 3. The van der Waals surface area contributed by atoms with Gasteiger partial charge in [0.2, 0.25) is 0 Å². The second-order valence-corrected chi connectivity index (χ2v) is 12.2. The van der Waals surface area contributed by atoms with E-state index in [0.717, 1.165) is 62.9 Å². The van der Waals surface area contributed by atoms with Gasteiger partial charge in [-0.3, -0.25) is 14.8 Å². The maximum absolute atomic E-state index is 14.9. The molecule has 4 heterocycles. The summed E-state index contributed by atoms with van der Waals surface area (Å²) in [5.41, 5.74) is 8.85. The van der Waals surface area contributed by atoms with E-state index < -0.39 is 0 Å². The number of nitrogens with zero attached hydrogens (tertiary/aromatic N) is 4. The average molecular weight is 654 g/mol. The molecule has 0 bridgehead atoms. The number of rotatable bonds is 9. The van der Waals surface area contributed by atoms with Crippen molar-refractivity contribution in [2.45, 2.75) is 6.42 Å². The van der Waals surface area contributed by atoms with Gasteiger partial charge in [0.1, 0.15) is 24.0 Å². The Balaban J connectivity index is 1.20. The van der Waals surface area contributed by atoms with Crippen molar-refractivity contribution >= 4 is 28.7 Å². The number of allylic oxidation sites excluding steroid dienone is 3. The molecule has 2 aromatic carbocycles. The zero-order valence-electron chi connectivity index (χ0n) is 27.3. The van der Waals surface area contributed by atoms with E-state index in [0.29, 0.717) is 43.1 Å². The maximum Gasteiger partial charge on any atom is 0.255 e. The molecule has 1 aliphatic heterocycles. The van der Waals surface area contributed by atoms with Gasteiger partial charge >= 0.3 is 0 Å². The van der Waals surface area contributed by atoms with Gasteiger partial charge in [0.15, 0.2) is 0 Å². The van der Waals surface area contributed by atoms with Crippen molar-refractivity contribution in [3.63, 3.8) is 0 Å². The lowest BCUT2D eigenvalue weighted by Crippen LogP contribution is -2.19. The molecule has 0 saturated heterocycles. The molecule has 0 atom stereocenters. The highest BCUT2D eigenvalue weighted by Crippen LogP contribution is 2.34. The van der Waals surface area contributed by atoms with Gasteiger partial charge in [-0.1, -0.05) is 36.4 Å². The molecule has 3 N–H and O–H groups in total. The Bertz CT molecular complexity index is 2100. The van der Waals surface area contributed by atoms with Crippen LogP contribution in [-0.4, -0.2) is 71.8 Å². The third kappa shape index (κ3) is 7.19. The third-order valence-corrected chi connectivity index (χ3v) is 8.34. The zero-order valence-corrected chi connectivity index (χ0v) is 27.3. The first kappa shape index (κ1) is 31.7. The van der Waals surface area contributed by atoms with Gasteiger partial charge in [-0.2, -0.15) is 0 Å². The van der Waals surface area contributed by atoms with Crippen LogP contribution in [0.25, 0.3) is 16.7 Å². The number of anilines is 2. The Labute approximate surface area is 284 Å². The van der Waals surface area contributed by atoms with Crippen molar-refractivity contribution in [1.82, 2.24) is 19.9 Å². The normalized spacial score (nSPS) is 13.7. The number of aromatic amines is 1. The number of pyridine rings is 2. The smallest absolute Gasteiger partial charge is 0.255 e. The van der Waals surface area contributed by atoms with E-state index in [-0.39, 0.29) is 11.7 Å². The molecule has 0 unspecified atom stereocenters. The number of halogens is 1. The lowest BCUT2D eigenvalue weighted by atomic mass is 9.96. The van der Waals surface area contributed by atoms with E-state index in [1.54, 1.807) is 36.8 Å². The largest absolute Gasteiger partial charge is 0.492 e. The first-order chi connectivity index (χ1) is 23.9. The zero-order chi connectivity index (χ0) is 33.7. The first-order valence-corrected chi connectivity index (χ1v) is 16.2. The van der Waals surface area contributed by atoms with Crippen LogP contribution in [0.5, 0.6) is 5.75 Å². The van der Waals surface area contributed by atoms with Gasteiger partial charge in [-0.15, -0.1) is 0 Å². The Morgan fingerprint density at radius 1 is 0.980 bits per heavy atom. The fourth-order valence-corrected chi connectivity index (χ4v) is 5.93. The molecular weight excluding hydrogens is 617 g/mol. The van der Waals surface area contributed by atoms with E-state index in [1.807, 2.05) is 67.5 Å². The quantitative estimate of drug-likeness (QED) is 0.165. The van der Waals surface area contributed by atoms with E-state index in [2.05, 4.69) is 32.7 Å². The predicted octanol–water partition coefficient (Wildman–Crippen LogP) is 6.61. The van der Waals surface area contributed by atoms with Crippen molar-refractivity contribution in [3.05, 3.63) is 143 Å². The molecule has 0 spiro atoms. The highest BCUT2D eigenvalue weighted by Gasteiger charge is 2.23. The molecule has 10 heteroatoms. The van der Waals surface area contributed by atoms with Crippen LogP contribution in [0.2, 0.25) is 0 Å². The summed E-state index contributed by atoms with van der Waals surface area (Å²) in [6.45, 7) is 2.39. The summed E-state index contributed by atoms with van der Waals surface area (Å²) in [5, 5.41) is 6.35. The number of benzene rings is 2. The highest BCUT2D eigenvalue weighted by atomic mass is 19.1. The molecule has 1 amide bonds. The Morgan fingerprint density at radius 3 is 2.69 bits per heavy atom. The average Bonchev–Trinajstić information content (AvgIpc) is 3.26. The van der Waals surface area contributed by atoms with E-state index in [9.17, 15) is 9.18 Å².